The molecule has 2 aliphatic heterocycles. The van der Waals surface area contributed by atoms with E-state index in [-0.39, 0.29) is 0 Å². The normalized spacial score (nSPS) is 15.8. The highest BCUT2D eigenvalue weighted by Gasteiger charge is 2.22. The van der Waals surface area contributed by atoms with Crippen molar-refractivity contribution in [3.63, 3.8) is 0 Å². The lowest BCUT2D eigenvalue weighted by molar-refractivity contribution is 0.101. The lowest BCUT2D eigenvalue weighted by atomic mass is 10.0. The van der Waals surface area contributed by atoms with E-state index in [0.29, 0.717) is 6.61 Å². The van der Waals surface area contributed by atoms with Crippen molar-refractivity contribution in [2.75, 3.05) is 26.2 Å². The van der Waals surface area contributed by atoms with Crippen molar-refractivity contribution >= 4 is 34.7 Å². The molecule has 0 radical (unpaired) electrons. The van der Waals surface area contributed by atoms with Gasteiger partial charge in [-0.3, -0.25) is 0 Å². The highest BCUT2D eigenvalue weighted by molar-refractivity contribution is 7.99. The van der Waals surface area contributed by atoms with Crippen LogP contribution in [0.1, 0.15) is 17.7 Å². The number of hydrogen-bond acceptors (Lipinski definition) is 4. The van der Waals surface area contributed by atoms with Crippen LogP contribution in [0.4, 0.5) is 0 Å². The Morgan fingerprint density at radius 2 is 1.75 bits per heavy atom. The second kappa shape index (κ2) is 8.21. The molecule has 2 nitrogen and oxygen atoms in total. The fourth-order valence-electron chi connectivity index (χ4n) is 3.95. The van der Waals surface area contributed by atoms with E-state index in [1.807, 2.05) is 29.2 Å². The van der Waals surface area contributed by atoms with E-state index < -0.39 is 0 Å². The monoisotopic (exact) mass is 427 g/mol. The molecule has 144 valence electrons. The largest absolute Gasteiger partial charge is 0.375 e. The number of fused-ring (bicyclic) bond motifs is 5. The van der Waals surface area contributed by atoms with Crippen molar-refractivity contribution in [2.45, 2.75) is 29.2 Å². The number of nitrogens with zero attached hydrogens (tertiary/aromatic N) is 1. The van der Waals surface area contributed by atoms with Gasteiger partial charge in [0.2, 0.25) is 0 Å². The summed E-state index contributed by atoms with van der Waals surface area (Å²) in [5, 5.41) is 0.785. The van der Waals surface area contributed by atoms with Gasteiger partial charge in [-0.2, -0.15) is 0 Å². The van der Waals surface area contributed by atoms with Gasteiger partial charge in [0.1, 0.15) is 0 Å². The first-order valence-corrected chi connectivity index (χ1v) is 11.8. The van der Waals surface area contributed by atoms with Crippen LogP contribution in [0.5, 0.6) is 0 Å². The molecule has 0 aliphatic carbocycles. The van der Waals surface area contributed by atoms with Crippen molar-refractivity contribution in [1.29, 1.82) is 0 Å². The van der Waals surface area contributed by atoms with Gasteiger partial charge >= 0.3 is 0 Å². The molecule has 5 rings (SSSR count). The molecule has 0 N–H and O–H groups in total. The maximum Gasteiger partial charge on any atom is 0.0810 e. The van der Waals surface area contributed by atoms with E-state index in [9.17, 15) is 0 Å². The van der Waals surface area contributed by atoms with E-state index in [2.05, 4.69) is 47.4 Å². The number of hydrogen-bond donors (Lipinski definition) is 0. The van der Waals surface area contributed by atoms with Crippen LogP contribution < -0.4 is 0 Å². The molecule has 1 saturated heterocycles. The molecular weight excluding hydrogens is 406 g/mol. The summed E-state index contributed by atoms with van der Waals surface area (Å²) in [7, 11) is 0. The molecule has 1 fully saturated rings. The Hall–Kier alpha value is -1.30. The molecule has 3 heterocycles. The Kier molecular flexibility index (Phi) is 5.49. The van der Waals surface area contributed by atoms with Crippen LogP contribution in [-0.2, 0) is 11.3 Å². The van der Waals surface area contributed by atoms with Crippen LogP contribution in [0.15, 0.2) is 58.3 Å². The van der Waals surface area contributed by atoms with Crippen molar-refractivity contribution in [1.82, 2.24) is 4.90 Å². The third-order valence-corrected chi connectivity index (χ3v) is 7.89. The van der Waals surface area contributed by atoms with Gasteiger partial charge in [0.25, 0.3) is 0 Å². The fraction of sp³-hybridized carbons (Fsp3) is 0.304. The summed E-state index contributed by atoms with van der Waals surface area (Å²) in [6, 6.07) is 17.2. The van der Waals surface area contributed by atoms with Crippen molar-refractivity contribution < 1.29 is 4.74 Å². The maximum absolute atomic E-state index is 6.35. The topological polar surface area (TPSA) is 12.5 Å². The first-order chi connectivity index (χ1) is 13.8. The molecule has 0 saturated carbocycles. The van der Waals surface area contributed by atoms with Crippen LogP contribution in [0.3, 0.4) is 0 Å². The highest BCUT2D eigenvalue weighted by Crippen LogP contribution is 2.51. The molecule has 0 spiro atoms. The quantitative estimate of drug-likeness (QED) is 0.324. The predicted octanol–water partition coefficient (Wildman–Crippen LogP) is 6.81. The molecule has 5 heteroatoms. The fourth-order valence-corrected chi connectivity index (χ4v) is 6.41. The lowest BCUT2D eigenvalue weighted by Crippen LogP contribution is -2.23. The summed E-state index contributed by atoms with van der Waals surface area (Å²) in [4.78, 5) is 7.63. The molecule has 28 heavy (non-hydrogen) atoms. The van der Waals surface area contributed by atoms with Gasteiger partial charge in [-0.1, -0.05) is 41.6 Å². The Morgan fingerprint density at radius 3 is 2.64 bits per heavy atom. The van der Waals surface area contributed by atoms with Gasteiger partial charge in [-0.15, -0.1) is 11.3 Å². The molecule has 0 bridgehead atoms. The Balaban J connectivity index is 1.43. The molecule has 0 atom stereocenters. The number of thiophene rings is 1. The number of rotatable bonds is 5. The number of benzene rings is 2. The minimum Gasteiger partial charge on any atom is -0.375 e. The van der Waals surface area contributed by atoms with Gasteiger partial charge in [0.05, 0.1) is 13.2 Å². The molecule has 3 aromatic rings. The summed E-state index contributed by atoms with van der Waals surface area (Å²) in [5.74, 6) is 0. The molecule has 2 aromatic carbocycles. The maximum atomic E-state index is 6.35. The number of likely N-dealkylation sites (tertiary alicyclic amines) is 1. The third kappa shape index (κ3) is 3.77. The Labute approximate surface area is 179 Å². The summed E-state index contributed by atoms with van der Waals surface area (Å²) in [6.45, 7) is 4.97. The lowest BCUT2D eigenvalue weighted by Gasteiger charge is -2.13. The van der Waals surface area contributed by atoms with E-state index in [0.717, 1.165) is 18.2 Å². The third-order valence-electron chi connectivity index (χ3n) is 5.36. The van der Waals surface area contributed by atoms with Crippen LogP contribution in [-0.4, -0.2) is 31.1 Å². The molecule has 0 amide bonds. The Bertz CT molecular complexity index is 994. The van der Waals surface area contributed by atoms with Gasteiger partial charge in [-0.25, -0.2) is 0 Å². The van der Waals surface area contributed by atoms with E-state index in [4.69, 9.17) is 16.3 Å². The minimum absolute atomic E-state index is 0.677. The second-order valence-corrected chi connectivity index (χ2v) is 9.95. The minimum atomic E-state index is 0.677. The zero-order valence-electron chi connectivity index (χ0n) is 15.6. The summed E-state index contributed by atoms with van der Waals surface area (Å²) in [6.07, 6.45) is 2.66. The van der Waals surface area contributed by atoms with Gasteiger partial charge < -0.3 is 9.64 Å². The first kappa shape index (κ1) is 18.7. The van der Waals surface area contributed by atoms with Gasteiger partial charge in [0, 0.05) is 42.2 Å². The van der Waals surface area contributed by atoms with E-state index in [1.54, 1.807) is 0 Å². The number of ether oxygens (including phenoxy) is 1. The first-order valence-electron chi connectivity index (χ1n) is 9.78. The van der Waals surface area contributed by atoms with Crippen molar-refractivity contribution in [3.8, 4) is 21.6 Å². The summed E-state index contributed by atoms with van der Waals surface area (Å²) < 4.78 is 6.03. The van der Waals surface area contributed by atoms with Crippen molar-refractivity contribution in [3.05, 3.63) is 58.4 Å². The molecule has 2 aliphatic rings. The van der Waals surface area contributed by atoms with Crippen molar-refractivity contribution in [2.24, 2.45) is 0 Å². The highest BCUT2D eigenvalue weighted by atomic mass is 35.5. The predicted molar refractivity (Wildman–Crippen MR) is 120 cm³/mol. The molecule has 1 aromatic heterocycles. The zero-order valence-corrected chi connectivity index (χ0v) is 18.0. The summed E-state index contributed by atoms with van der Waals surface area (Å²) >= 11 is 10.0. The van der Waals surface area contributed by atoms with Crippen LogP contribution in [0.25, 0.3) is 21.6 Å². The average molecular weight is 428 g/mol. The second-order valence-electron chi connectivity index (χ2n) is 7.30. The molecule has 0 unspecified atom stereocenters. The summed E-state index contributed by atoms with van der Waals surface area (Å²) in [5.41, 5.74) is 3.83. The smallest absolute Gasteiger partial charge is 0.0810 e. The van der Waals surface area contributed by atoms with E-state index >= 15 is 0 Å². The van der Waals surface area contributed by atoms with Crippen LogP contribution in [0.2, 0.25) is 5.02 Å². The SMILES string of the molecule is Clc1ccc2c(c1)-c1sc(COCCN3CCCC3)cc1-c1ccccc1S2. The average Bonchev–Trinajstić information content (AvgIpc) is 3.35. The molecular formula is C23H22ClNOS2. The van der Waals surface area contributed by atoms with E-state index in [1.165, 1.54) is 62.2 Å². The Morgan fingerprint density at radius 1 is 0.929 bits per heavy atom. The van der Waals surface area contributed by atoms with Crippen LogP contribution in [0, 0.1) is 0 Å². The zero-order chi connectivity index (χ0) is 18.9. The van der Waals surface area contributed by atoms with Gasteiger partial charge in [0.15, 0.2) is 0 Å². The van der Waals surface area contributed by atoms with Gasteiger partial charge in [-0.05, 0) is 61.8 Å². The number of halogens is 1. The van der Waals surface area contributed by atoms with Crippen LogP contribution >= 0.6 is 34.7 Å². The standard InChI is InChI=1S/C23H22ClNOS2/c24-16-7-8-22-20(13-16)23-19(18-5-1-2-6-21(18)28-22)14-17(27-23)15-26-12-11-25-9-3-4-10-25/h1-2,5-8,13-14H,3-4,9-12,15H2.